The molecular weight excluding hydrogens is 368 g/mol. The van der Waals surface area contributed by atoms with Crippen molar-refractivity contribution < 1.29 is 18.7 Å². The van der Waals surface area contributed by atoms with Gasteiger partial charge in [-0.25, -0.2) is 0 Å². The van der Waals surface area contributed by atoms with Gasteiger partial charge in [-0.2, -0.15) is 0 Å². The van der Waals surface area contributed by atoms with E-state index in [0.29, 0.717) is 24.8 Å². The number of ether oxygens (including phenoxy) is 1. The van der Waals surface area contributed by atoms with Crippen LogP contribution in [-0.2, 0) is 9.53 Å². The van der Waals surface area contributed by atoms with Crippen LogP contribution in [0.1, 0.15) is 47.7 Å². The Kier molecular flexibility index (Phi) is 5.15. The molecule has 1 aromatic carbocycles. The van der Waals surface area contributed by atoms with E-state index in [1.54, 1.807) is 4.90 Å². The van der Waals surface area contributed by atoms with Crippen molar-refractivity contribution in [2.45, 2.75) is 46.1 Å². The SMILES string of the molecule is CCOC1CC2(C1)CC2C(=O)N(C)CCNC(=O)c1coc2cc(C)c(C)cc12. The number of benzene rings is 1. The summed E-state index contributed by atoms with van der Waals surface area (Å²) >= 11 is 0. The summed E-state index contributed by atoms with van der Waals surface area (Å²) in [7, 11) is 1.82. The van der Waals surface area contributed by atoms with Gasteiger partial charge in [0.05, 0.1) is 11.7 Å². The van der Waals surface area contributed by atoms with Crippen LogP contribution in [0.15, 0.2) is 22.8 Å². The zero-order valence-electron chi connectivity index (χ0n) is 17.7. The van der Waals surface area contributed by atoms with Gasteiger partial charge in [0.2, 0.25) is 5.91 Å². The highest BCUT2D eigenvalue weighted by Gasteiger charge is 2.65. The van der Waals surface area contributed by atoms with Crippen LogP contribution in [0.3, 0.4) is 0 Å². The quantitative estimate of drug-likeness (QED) is 0.775. The van der Waals surface area contributed by atoms with E-state index >= 15 is 0 Å². The Morgan fingerprint density at radius 3 is 2.69 bits per heavy atom. The fraction of sp³-hybridized carbons (Fsp3) is 0.565. The lowest BCUT2D eigenvalue weighted by atomic mass is 9.76. The Morgan fingerprint density at radius 1 is 1.24 bits per heavy atom. The Morgan fingerprint density at radius 2 is 1.97 bits per heavy atom. The van der Waals surface area contributed by atoms with E-state index in [9.17, 15) is 9.59 Å². The second-order valence-corrected chi connectivity index (χ2v) is 8.70. The fourth-order valence-electron chi connectivity index (χ4n) is 4.62. The predicted octanol–water partition coefficient (Wildman–Crippen LogP) is 3.44. The van der Waals surface area contributed by atoms with E-state index in [-0.39, 0.29) is 23.1 Å². The third-order valence-corrected chi connectivity index (χ3v) is 6.70. The van der Waals surface area contributed by atoms with Gasteiger partial charge in [-0.1, -0.05) is 0 Å². The van der Waals surface area contributed by atoms with E-state index in [1.165, 1.54) is 6.26 Å². The van der Waals surface area contributed by atoms with Gasteiger partial charge in [-0.15, -0.1) is 0 Å². The maximum absolute atomic E-state index is 12.7. The molecule has 1 N–H and O–H groups in total. The number of hydrogen-bond acceptors (Lipinski definition) is 4. The molecule has 1 unspecified atom stereocenters. The molecule has 1 spiro atoms. The van der Waals surface area contributed by atoms with Gasteiger partial charge >= 0.3 is 0 Å². The smallest absolute Gasteiger partial charge is 0.255 e. The average molecular weight is 399 g/mol. The maximum atomic E-state index is 12.7. The molecular formula is C23H30N2O4. The monoisotopic (exact) mass is 398 g/mol. The van der Waals surface area contributed by atoms with Gasteiger partial charge in [0, 0.05) is 38.0 Å². The summed E-state index contributed by atoms with van der Waals surface area (Å²) in [6.07, 6.45) is 4.83. The molecule has 0 bridgehead atoms. The third kappa shape index (κ3) is 3.66. The van der Waals surface area contributed by atoms with Crippen molar-refractivity contribution in [3.8, 4) is 0 Å². The van der Waals surface area contributed by atoms with Crippen LogP contribution in [0.5, 0.6) is 0 Å². The summed E-state index contributed by atoms with van der Waals surface area (Å²) in [5, 5.41) is 3.74. The molecule has 6 nitrogen and oxygen atoms in total. The lowest BCUT2D eigenvalue weighted by Crippen LogP contribution is -2.40. The number of nitrogens with one attached hydrogen (secondary N) is 1. The van der Waals surface area contributed by atoms with Gasteiger partial charge < -0.3 is 19.4 Å². The Hall–Kier alpha value is -2.34. The van der Waals surface area contributed by atoms with Crippen molar-refractivity contribution in [1.82, 2.24) is 10.2 Å². The number of aryl methyl sites for hydroxylation is 2. The van der Waals surface area contributed by atoms with Crippen molar-refractivity contribution >= 4 is 22.8 Å². The Balaban J connectivity index is 1.27. The first kappa shape index (κ1) is 20.0. The molecule has 2 fully saturated rings. The second kappa shape index (κ2) is 7.48. The first-order valence-electron chi connectivity index (χ1n) is 10.5. The topological polar surface area (TPSA) is 71.8 Å². The maximum Gasteiger partial charge on any atom is 0.255 e. The summed E-state index contributed by atoms with van der Waals surface area (Å²) in [6, 6.07) is 3.94. The molecule has 2 aliphatic rings. The lowest BCUT2D eigenvalue weighted by molar-refractivity contribution is -0.134. The molecule has 29 heavy (non-hydrogen) atoms. The Labute approximate surface area is 171 Å². The second-order valence-electron chi connectivity index (χ2n) is 8.70. The van der Waals surface area contributed by atoms with Gasteiger partial charge in [-0.05, 0) is 68.7 Å². The number of fused-ring (bicyclic) bond motifs is 1. The zero-order chi connectivity index (χ0) is 20.8. The minimum absolute atomic E-state index is 0.129. The van der Waals surface area contributed by atoms with E-state index in [0.717, 1.165) is 48.0 Å². The highest BCUT2D eigenvalue weighted by molar-refractivity contribution is 6.06. The molecule has 2 saturated carbocycles. The lowest BCUT2D eigenvalue weighted by Gasteiger charge is -2.36. The number of amides is 2. The minimum Gasteiger partial charge on any atom is -0.463 e. The summed E-state index contributed by atoms with van der Waals surface area (Å²) in [5.74, 6) is 0.146. The normalized spacial score (nSPS) is 25.1. The van der Waals surface area contributed by atoms with Crippen LogP contribution in [0.25, 0.3) is 11.0 Å². The molecule has 4 rings (SSSR count). The standard InChI is InChI=1S/C23H30N2O4/c1-5-28-16-10-23(11-16)12-19(23)22(27)25(4)7-6-24-21(26)18-13-29-20-9-15(3)14(2)8-17(18)20/h8-9,13,16,19H,5-7,10-12H2,1-4H3,(H,24,26). The van der Waals surface area contributed by atoms with E-state index in [2.05, 4.69) is 5.32 Å². The van der Waals surface area contributed by atoms with E-state index in [4.69, 9.17) is 9.15 Å². The molecule has 1 aromatic heterocycles. The van der Waals surface area contributed by atoms with Crippen molar-refractivity contribution in [1.29, 1.82) is 0 Å². The summed E-state index contributed by atoms with van der Waals surface area (Å²) in [6.45, 7) is 7.71. The molecule has 1 atom stereocenters. The Bertz CT molecular complexity index is 942. The number of furan rings is 1. The predicted molar refractivity (Wildman–Crippen MR) is 111 cm³/mol. The zero-order valence-corrected chi connectivity index (χ0v) is 17.7. The highest BCUT2D eigenvalue weighted by atomic mass is 16.5. The third-order valence-electron chi connectivity index (χ3n) is 6.70. The van der Waals surface area contributed by atoms with Crippen LogP contribution in [0.2, 0.25) is 0 Å². The van der Waals surface area contributed by atoms with Gasteiger partial charge in [0.25, 0.3) is 5.91 Å². The molecule has 1 heterocycles. The van der Waals surface area contributed by atoms with E-state index < -0.39 is 0 Å². The molecule has 0 saturated heterocycles. The number of nitrogens with zero attached hydrogens (tertiary/aromatic N) is 1. The van der Waals surface area contributed by atoms with Crippen molar-refractivity contribution in [2.24, 2.45) is 11.3 Å². The molecule has 156 valence electrons. The number of carbonyl (C=O) groups excluding carboxylic acids is 2. The van der Waals surface area contributed by atoms with Crippen LogP contribution in [-0.4, -0.2) is 49.6 Å². The molecule has 0 radical (unpaired) electrons. The van der Waals surface area contributed by atoms with Crippen LogP contribution in [0, 0.1) is 25.2 Å². The summed E-state index contributed by atoms with van der Waals surface area (Å²) < 4.78 is 11.2. The van der Waals surface area contributed by atoms with E-state index in [1.807, 2.05) is 40.0 Å². The van der Waals surface area contributed by atoms with Crippen molar-refractivity contribution in [3.63, 3.8) is 0 Å². The van der Waals surface area contributed by atoms with Crippen LogP contribution >= 0.6 is 0 Å². The number of likely N-dealkylation sites (N-methyl/N-ethyl adjacent to an activating group) is 1. The van der Waals surface area contributed by atoms with Crippen molar-refractivity contribution in [3.05, 3.63) is 35.1 Å². The fourth-order valence-corrected chi connectivity index (χ4v) is 4.62. The molecule has 0 aliphatic heterocycles. The molecule has 6 heteroatoms. The van der Waals surface area contributed by atoms with Crippen LogP contribution < -0.4 is 5.32 Å². The van der Waals surface area contributed by atoms with Gasteiger partial charge in [0.15, 0.2) is 0 Å². The number of hydrogen-bond donors (Lipinski definition) is 1. The largest absolute Gasteiger partial charge is 0.463 e. The molecule has 2 amide bonds. The van der Waals surface area contributed by atoms with Crippen molar-refractivity contribution in [2.75, 3.05) is 26.7 Å². The number of carbonyl (C=O) groups is 2. The summed E-state index contributed by atoms with van der Waals surface area (Å²) in [4.78, 5) is 27.0. The minimum atomic E-state index is -0.172. The number of rotatable bonds is 7. The molecule has 2 aromatic rings. The van der Waals surface area contributed by atoms with Crippen LogP contribution in [0.4, 0.5) is 0 Å². The summed E-state index contributed by atoms with van der Waals surface area (Å²) in [5.41, 5.74) is 3.71. The van der Waals surface area contributed by atoms with Gasteiger partial charge in [-0.3, -0.25) is 9.59 Å². The molecule has 2 aliphatic carbocycles. The first-order chi connectivity index (χ1) is 13.8. The highest BCUT2D eigenvalue weighted by Crippen LogP contribution is 2.66. The van der Waals surface area contributed by atoms with Gasteiger partial charge in [0.1, 0.15) is 11.8 Å². The average Bonchev–Trinajstić information content (AvgIpc) is 3.27. The first-order valence-corrected chi connectivity index (χ1v) is 10.5.